The van der Waals surface area contributed by atoms with E-state index in [1.54, 1.807) is 110 Å². The van der Waals surface area contributed by atoms with Gasteiger partial charge < -0.3 is 75.4 Å². The summed E-state index contributed by atoms with van der Waals surface area (Å²) in [6, 6.07) is 9.38. The van der Waals surface area contributed by atoms with Crippen molar-refractivity contribution in [3.05, 3.63) is 108 Å². The van der Waals surface area contributed by atoms with Gasteiger partial charge in [0, 0.05) is 95.8 Å². The highest BCUT2D eigenvalue weighted by Crippen LogP contribution is 2.26. The molecule has 29 heteroatoms. The van der Waals surface area contributed by atoms with Crippen LogP contribution in [0.4, 0.5) is 0 Å². The monoisotopic (exact) mass is 1570 g/mol. The van der Waals surface area contributed by atoms with Crippen molar-refractivity contribution in [3.63, 3.8) is 0 Å². The summed E-state index contributed by atoms with van der Waals surface area (Å²) in [5, 5.41) is 22.6. The summed E-state index contributed by atoms with van der Waals surface area (Å²) in [5.74, 6) is -12.0. The third kappa shape index (κ3) is 25.6. The van der Waals surface area contributed by atoms with Gasteiger partial charge in [-0.25, -0.2) is 0 Å². The zero-order valence-corrected chi connectivity index (χ0v) is 70.5. The predicted molar refractivity (Wildman–Crippen MR) is 430 cm³/mol. The number of carbonyl (C=O) groups excluding carboxylic acids is 14. The molecule has 0 spiro atoms. The number of amides is 14. The fourth-order valence-electron chi connectivity index (χ4n) is 14.5. The second kappa shape index (κ2) is 43.5. The van der Waals surface area contributed by atoms with Crippen molar-refractivity contribution >= 4 is 82.7 Å². The number of carbonyl (C=O) groups is 14. The zero-order valence-electron chi connectivity index (χ0n) is 70.5. The second-order valence-corrected chi connectivity index (χ2v) is 32.3. The Morgan fingerprint density at radius 1 is 0.496 bits per heavy atom. The number of likely N-dealkylation sites (tertiary alicyclic amines) is 1. The minimum absolute atomic E-state index is 0.00383. The Morgan fingerprint density at radius 3 is 1.37 bits per heavy atom. The summed E-state index contributed by atoms with van der Waals surface area (Å²) in [5.41, 5.74) is 1.76. The maximum absolute atomic E-state index is 15.8. The second-order valence-electron chi connectivity index (χ2n) is 32.3. The van der Waals surface area contributed by atoms with Crippen molar-refractivity contribution in [1.82, 2.24) is 70.3 Å². The number of hydrogen-bond acceptors (Lipinski definition) is 15. The Morgan fingerprint density at radius 2 is 0.920 bits per heavy atom. The molecule has 5 rings (SSSR count). The van der Waals surface area contributed by atoms with E-state index in [0.29, 0.717) is 36.2 Å². The van der Waals surface area contributed by atoms with Gasteiger partial charge >= 0.3 is 0 Å². The molecule has 5 N–H and O–H groups in total. The normalized spacial score (nSPS) is 24.3. The lowest BCUT2D eigenvalue weighted by molar-refractivity contribution is -0.153. The topological polar surface area (TPSA) is 340 Å². The van der Waals surface area contributed by atoms with E-state index in [0.717, 1.165) is 43.8 Å². The van der Waals surface area contributed by atoms with Crippen LogP contribution in [0.15, 0.2) is 91.0 Å². The van der Waals surface area contributed by atoms with Gasteiger partial charge in [0.05, 0.1) is 19.1 Å². The van der Waals surface area contributed by atoms with E-state index in [4.69, 9.17) is 0 Å². The van der Waals surface area contributed by atoms with E-state index >= 15 is 38.4 Å². The number of nitrogens with zero attached hydrogens (tertiary/aromatic N) is 10. The summed E-state index contributed by atoms with van der Waals surface area (Å²) in [6.07, 6.45) is 0.160. The number of rotatable bonds is 20. The van der Waals surface area contributed by atoms with Gasteiger partial charge in [-0.3, -0.25) is 67.1 Å². The molecule has 2 aliphatic rings. The number of likely N-dealkylation sites (N-methyl/N-ethyl adjacent to an activating group) is 9. The molecule has 14 atom stereocenters. The summed E-state index contributed by atoms with van der Waals surface area (Å²) in [6.45, 7) is 20.6. The van der Waals surface area contributed by atoms with Crippen LogP contribution in [0.2, 0.25) is 0 Å². The Kier molecular flexibility index (Phi) is 36.1. The summed E-state index contributed by atoms with van der Waals surface area (Å²) in [4.78, 5) is 223. The molecule has 2 aliphatic heterocycles. The molecule has 0 radical (unpaired) electrons. The summed E-state index contributed by atoms with van der Waals surface area (Å²) >= 11 is 0. The number of aliphatic hydroxyl groups excluding tert-OH is 1. The number of hydrogen-bond donors (Lipinski definition) is 5. The van der Waals surface area contributed by atoms with Crippen LogP contribution >= 0.6 is 0 Å². The molecule has 0 aliphatic carbocycles. The maximum atomic E-state index is 15.8. The minimum atomic E-state index is -1.86. The van der Waals surface area contributed by atoms with Crippen LogP contribution in [0.25, 0.3) is 0 Å². The lowest BCUT2D eigenvalue weighted by Gasteiger charge is -2.39. The zero-order chi connectivity index (χ0) is 84.7. The predicted octanol–water partition coefficient (Wildman–Crippen LogP) is 3.77. The van der Waals surface area contributed by atoms with E-state index < -0.39 is 174 Å². The smallest absolute Gasteiger partial charge is 0.248 e. The van der Waals surface area contributed by atoms with E-state index in [1.165, 1.54) is 104 Å². The molecule has 0 bridgehead atoms. The van der Waals surface area contributed by atoms with Gasteiger partial charge in [-0.15, -0.1) is 0 Å². The number of nitrogens with one attached hydrogen (secondary N) is 4. The van der Waals surface area contributed by atoms with E-state index in [-0.39, 0.29) is 62.2 Å². The molecule has 2 fully saturated rings. The summed E-state index contributed by atoms with van der Waals surface area (Å²) in [7, 11) is 12.3. The first-order chi connectivity index (χ1) is 53.1. The van der Waals surface area contributed by atoms with Crippen LogP contribution in [0.1, 0.15) is 151 Å². The molecule has 14 amide bonds. The van der Waals surface area contributed by atoms with E-state index in [2.05, 4.69) is 21.3 Å². The van der Waals surface area contributed by atoms with Crippen LogP contribution < -0.4 is 21.3 Å². The molecular weight excluding hydrogens is 1450 g/mol. The standard InChI is InChI=1S/C84H128N14O15/c1-22-54(8)72-76(105)86-55(9)77(106)95(19)67(44-52(4)5)81(110)94(18)65(48-61-39-31-25-32-40-61)75(104)88-71(58(12)99)84(113)90(14)57(11)79(108)96(20)68(45-53(6)7)82(111)93(17)64(47-60-37-29-24-30-38-60)74(103)87-62(49-69(100)89(13)50-70(101)91(15)66(43-51(2)3)83(112)97(72)21)80(109)92(16)63(46-59-35-27-23-28-36-59)73(102)85-56(10)78(107)98-41-33-26-34-42-98/h23-25,27-32,35-40,51-58,62-68,71-72,99H,22,26,33-34,41-50H2,1-21H3,(H,85,102)(H,86,105)(H,87,103)(H,88,104)/t54-,55-,56-,57-,58+,62-,63-,64-,65-,66-,67-,68-,71-,72-/m0/s1. The van der Waals surface area contributed by atoms with Crippen molar-refractivity contribution in [3.8, 4) is 0 Å². The molecule has 3 aromatic rings. The van der Waals surface area contributed by atoms with Crippen LogP contribution in [0.3, 0.4) is 0 Å². The molecule has 0 unspecified atom stereocenters. The summed E-state index contributed by atoms with van der Waals surface area (Å²) < 4.78 is 0. The van der Waals surface area contributed by atoms with Crippen molar-refractivity contribution in [2.24, 2.45) is 23.7 Å². The Balaban J connectivity index is 1.73. The molecule has 2 saturated heterocycles. The first-order valence-electron chi connectivity index (χ1n) is 39.7. The molecule has 624 valence electrons. The van der Waals surface area contributed by atoms with Gasteiger partial charge in [-0.1, -0.05) is 153 Å². The Bertz CT molecular complexity index is 3750. The lowest BCUT2D eigenvalue weighted by atomic mass is 9.94. The van der Waals surface area contributed by atoms with E-state index in [1.807, 2.05) is 48.5 Å². The van der Waals surface area contributed by atoms with E-state index in [9.17, 15) is 33.9 Å². The molecule has 29 nitrogen and oxygen atoms in total. The molecule has 0 aromatic heterocycles. The van der Waals surface area contributed by atoms with Crippen molar-refractivity contribution < 1.29 is 72.2 Å². The quantitative estimate of drug-likeness (QED) is 0.108. The fourth-order valence-corrected chi connectivity index (χ4v) is 14.5. The molecular formula is C84H128N14O15. The fraction of sp³-hybridized carbons (Fsp3) is 0.619. The Hall–Kier alpha value is -9.80. The molecule has 3 aromatic carbocycles. The van der Waals surface area contributed by atoms with Gasteiger partial charge in [0.25, 0.3) is 0 Å². The van der Waals surface area contributed by atoms with Crippen LogP contribution in [-0.2, 0) is 86.4 Å². The van der Waals surface area contributed by atoms with Gasteiger partial charge in [0.2, 0.25) is 82.7 Å². The van der Waals surface area contributed by atoms with Gasteiger partial charge in [-0.2, -0.15) is 0 Å². The third-order valence-corrected chi connectivity index (χ3v) is 22.1. The average molecular weight is 1570 g/mol. The SMILES string of the molecule is CC[C@H](C)[C@H]1C(=O)N[C@@H](C)C(=O)N(C)[C@@H](CC(C)C)C(=O)N(C)[C@@H](Cc2ccccc2)C(=O)N[C@@H]([C@@H](C)O)C(=O)N(C)[C@@H](C)C(=O)N(C)[C@@H](CC(C)C)C(=O)N(C)[C@@H](Cc2ccccc2)C(=O)N[C@H](C(=O)N(C)[C@@H](Cc2ccccc2)C(=O)N[C@@H](C)C(=O)N2CCCCC2)CC(=O)N(C)CC(=O)N(C)[C@@H](CC(C)C)C(=O)N1C. The number of aliphatic hydroxyl groups is 1. The van der Waals surface area contributed by atoms with Gasteiger partial charge in [0.15, 0.2) is 0 Å². The van der Waals surface area contributed by atoms with Gasteiger partial charge in [-0.05, 0) is 107 Å². The lowest BCUT2D eigenvalue weighted by Crippen LogP contribution is -2.63. The Labute approximate surface area is 668 Å². The van der Waals surface area contributed by atoms with Crippen LogP contribution in [0.5, 0.6) is 0 Å². The molecule has 113 heavy (non-hydrogen) atoms. The van der Waals surface area contributed by atoms with Crippen LogP contribution in [-0.4, -0.2) is 298 Å². The number of piperidine rings is 1. The minimum Gasteiger partial charge on any atom is -0.391 e. The highest BCUT2D eigenvalue weighted by atomic mass is 16.3. The van der Waals surface area contributed by atoms with Crippen molar-refractivity contribution in [2.45, 2.75) is 232 Å². The molecule has 0 saturated carbocycles. The average Bonchev–Trinajstić information content (AvgIpc) is 0.815. The van der Waals surface area contributed by atoms with Gasteiger partial charge in [0.1, 0.15) is 72.5 Å². The van der Waals surface area contributed by atoms with Crippen molar-refractivity contribution in [2.75, 3.05) is 83.1 Å². The molecule has 2 heterocycles. The highest BCUT2D eigenvalue weighted by Gasteiger charge is 2.46. The van der Waals surface area contributed by atoms with Crippen molar-refractivity contribution in [1.29, 1.82) is 0 Å². The van der Waals surface area contributed by atoms with Crippen LogP contribution in [0, 0.1) is 23.7 Å². The number of benzene rings is 3. The first-order valence-corrected chi connectivity index (χ1v) is 39.7. The first kappa shape index (κ1) is 93.8. The largest absolute Gasteiger partial charge is 0.391 e. The highest BCUT2D eigenvalue weighted by molar-refractivity contribution is 6.01. The maximum Gasteiger partial charge on any atom is 0.248 e. The third-order valence-electron chi connectivity index (χ3n) is 22.1.